The number of halogens is 2. The fraction of sp³-hybridized carbons (Fsp3) is 0.381. The highest BCUT2D eigenvalue weighted by Crippen LogP contribution is 2.26. The van der Waals surface area contributed by atoms with Crippen LogP contribution >= 0.6 is 23.2 Å². The summed E-state index contributed by atoms with van der Waals surface area (Å²) in [7, 11) is 0. The van der Waals surface area contributed by atoms with Crippen LogP contribution < -0.4 is 20.7 Å². The average molecular weight is 469 g/mol. The molecule has 0 unspecified atom stereocenters. The monoisotopic (exact) mass is 468 g/mol. The first-order valence-electron chi connectivity index (χ1n) is 9.66. The van der Waals surface area contributed by atoms with E-state index >= 15 is 0 Å². The maximum Gasteiger partial charge on any atom is 0.271 e. The van der Waals surface area contributed by atoms with Gasteiger partial charge in [0.1, 0.15) is 5.75 Å². The summed E-state index contributed by atoms with van der Waals surface area (Å²) in [5.41, 5.74) is 1.05. The van der Waals surface area contributed by atoms with Crippen LogP contribution in [0.5, 0.6) is 5.75 Å². The van der Waals surface area contributed by atoms with Crippen LogP contribution in [0.25, 0.3) is 0 Å². The smallest absolute Gasteiger partial charge is 0.271 e. The number of amides is 1. The first-order chi connectivity index (χ1) is 14.5. The van der Waals surface area contributed by atoms with Gasteiger partial charge in [0.15, 0.2) is 6.61 Å². The third-order valence-electron chi connectivity index (χ3n) is 3.99. The van der Waals surface area contributed by atoms with Gasteiger partial charge in [-0.3, -0.25) is 14.9 Å². The van der Waals surface area contributed by atoms with Crippen molar-refractivity contribution >= 4 is 40.5 Å². The Morgan fingerprint density at radius 3 is 2.52 bits per heavy atom. The van der Waals surface area contributed by atoms with Crippen molar-refractivity contribution in [2.75, 3.05) is 25.0 Å². The molecule has 0 atom stereocenters. The largest absolute Gasteiger partial charge is 0.483 e. The molecule has 1 amide bonds. The highest BCUT2D eigenvalue weighted by atomic mass is 35.5. The van der Waals surface area contributed by atoms with Gasteiger partial charge in [-0.2, -0.15) is 0 Å². The Hall–Kier alpha value is -2.55. The summed E-state index contributed by atoms with van der Waals surface area (Å²) in [4.78, 5) is 22.3. The molecule has 10 heteroatoms. The highest BCUT2D eigenvalue weighted by Gasteiger charge is 2.15. The van der Waals surface area contributed by atoms with Crippen LogP contribution in [-0.4, -0.2) is 36.1 Å². The van der Waals surface area contributed by atoms with Crippen LogP contribution in [0.2, 0.25) is 10.0 Å². The molecule has 0 spiro atoms. The van der Waals surface area contributed by atoms with Crippen molar-refractivity contribution in [3.63, 3.8) is 0 Å². The number of ether oxygens (including phenoxy) is 1. The second-order valence-corrected chi connectivity index (χ2v) is 8.71. The number of benzene rings is 2. The van der Waals surface area contributed by atoms with Crippen LogP contribution in [0.3, 0.4) is 0 Å². The van der Waals surface area contributed by atoms with Gasteiger partial charge >= 0.3 is 0 Å². The zero-order valence-corrected chi connectivity index (χ0v) is 19.1. The molecule has 0 radical (unpaired) electrons. The Morgan fingerprint density at radius 1 is 1.13 bits per heavy atom. The van der Waals surface area contributed by atoms with E-state index in [1.54, 1.807) is 24.3 Å². The molecule has 0 heterocycles. The van der Waals surface area contributed by atoms with Crippen LogP contribution in [0, 0.1) is 10.1 Å². The fourth-order valence-corrected chi connectivity index (χ4v) is 3.13. The summed E-state index contributed by atoms with van der Waals surface area (Å²) >= 11 is 12.2. The number of hydrogen-bond acceptors (Lipinski definition) is 6. The van der Waals surface area contributed by atoms with Crippen molar-refractivity contribution in [2.45, 2.75) is 32.9 Å². The van der Waals surface area contributed by atoms with E-state index in [9.17, 15) is 14.9 Å². The molecule has 2 aromatic carbocycles. The molecule has 2 rings (SSSR count). The second kappa shape index (κ2) is 11.2. The maximum atomic E-state index is 12.0. The van der Waals surface area contributed by atoms with E-state index in [2.05, 4.69) is 16.0 Å². The molecule has 2 aromatic rings. The number of nitrogens with one attached hydrogen (secondary N) is 3. The van der Waals surface area contributed by atoms with Gasteiger partial charge in [0, 0.05) is 47.9 Å². The minimum Gasteiger partial charge on any atom is -0.483 e. The van der Waals surface area contributed by atoms with Crippen LogP contribution in [0.15, 0.2) is 36.4 Å². The van der Waals surface area contributed by atoms with Gasteiger partial charge in [-0.1, -0.05) is 23.2 Å². The van der Waals surface area contributed by atoms with E-state index in [-0.39, 0.29) is 28.8 Å². The predicted molar refractivity (Wildman–Crippen MR) is 123 cm³/mol. The van der Waals surface area contributed by atoms with Gasteiger partial charge in [-0.15, -0.1) is 0 Å². The van der Waals surface area contributed by atoms with Gasteiger partial charge in [-0.25, -0.2) is 0 Å². The number of rotatable bonds is 10. The Bertz CT molecular complexity index is 932. The lowest BCUT2D eigenvalue weighted by molar-refractivity contribution is -0.384. The van der Waals surface area contributed by atoms with Crippen LogP contribution in [-0.2, 0) is 11.3 Å². The molecule has 168 valence electrons. The molecule has 8 nitrogen and oxygen atoms in total. The Balaban J connectivity index is 1.84. The van der Waals surface area contributed by atoms with Crippen molar-refractivity contribution < 1.29 is 14.5 Å². The summed E-state index contributed by atoms with van der Waals surface area (Å²) < 4.78 is 5.67. The number of nitro groups is 1. The third-order valence-corrected chi connectivity index (χ3v) is 4.54. The predicted octanol–water partition coefficient (Wildman–Crippen LogP) is 4.40. The van der Waals surface area contributed by atoms with Crippen molar-refractivity contribution in [2.24, 2.45) is 0 Å². The second-order valence-electron chi connectivity index (χ2n) is 7.86. The number of non-ortho nitro benzene ring substituents is 1. The summed E-state index contributed by atoms with van der Waals surface area (Å²) in [6.07, 6.45) is 0. The van der Waals surface area contributed by atoms with Crippen molar-refractivity contribution in [1.82, 2.24) is 10.6 Å². The van der Waals surface area contributed by atoms with E-state index < -0.39 is 4.92 Å². The van der Waals surface area contributed by atoms with Crippen LogP contribution in [0.1, 0.15) is 26.3 Å². The number of nitro benzene ring substituents is 1. The Kier molecular flexibility index (Phi) is 8.91. The molecular weight excluding hydrogens is 443 g/mol. The standard InChI is InChI=1S/C21H26Cl2N4O4/c1-21(2,3)26-20(28)13-31-19-7-4-15(22)10-14(19)12-24-8-9-25-18-6-5-16(27(29)30)11-17(18)23/h4-7,10-11,24-25H,8-9,12-13H2,1-3H3,(H,26,28). The highest BCUT2D eigenvalue weighted by molar-refractivity contribution is 6.33. The Labute approximate surface area is 191 Å². The SMILES string of the molecule is CC(C)(C)NC(=O)COc1ccc(Cl)cc1CNCCNc1ccc([N+](=O)[O-])cc1Cl. The van der Waals surface area contributed by atoms with Gasteiger partial charge < -0.3 is 20.7 Å². The molecular formula is C21H26Cl2N4O4. The van der Waals surface area contributed by atoms with E-state index in [0.29, 0.717) is 36.1 Å². The quantitative estimate of drug-likeness (QED) is 0.271. The molecule has 0 aromatic heterocycles. The third kappa shape index (κ3) is 8.61. The maximum absolute atomic E-state index is 12.0. The van der Waals surface area contributed by atoms with Gasteiger partial charge in [0.2, 0.25) is 0 Å². The molecule has 0 aliphatic carbocycles. The number of carbonyl (C=O) groups is 1. The molecule has 3 N–H and O–H groups in total. The number of carbonyl (C=O) groups excluding carboxylic acids is 1. The van der Waals surface area contributed by atoms with Gasteiger partial charge in [0.05, 0.1) is 15.6 Å². The number of hydrogen-bond donors (Lipinski definition) is 3. The normalized spacial score (nSPS) is 11.1. The van der Waals surface area contributed by atoms with Crippen molar-refractivity contribution in [1.29, 1.82) is 0 Å². The summed E-state index contributed by atoms with van der Waals surface area (Å²) in [6, 6.07) is 9.51. The van der Waals surface area contributed by atoms with E-state index in [1.807, 2.05) is 20.8 Å². The van der Waals surface area contributed by atoms with Crippen LogP contribution in [0.4, 0.5) is 11.4 Å². The molecule has 31 heavy (non-hydrogen) atoms. The number of nitrogens with zero attached hydrogens (tertiary/aromatic N) is 1. The topological polar surface area (TPSA) is 106 Å². The lowest BCUT2D eigenvalue weighted by Crippen LogP contribution is -2.43. The van der Waals surface area contributed by atoms with Crippen molar-refractivity contribution in [3.8, 4) is 5.75 Å². The van der Waals surface area contributed by atoms with Crippen molar-refractivity contribution in [3.05, 3.63) is 62.1 Å². The zero-order valence-electron chi connectivity index (χ0n) is 17.6. The zero-order chi connectivity index (χ0) is 23.0. The summed E-state index contributed by atoms with van der Waals surface area (Å²) in [5.74, 6) is 0.373. The lowest BCUT2D eigenvalue weighted by Gasteiger charge is -2.21. The van der Waals surface area contributed by atoms with Gasteiger partial charge in [0.25, 0.3) is 11.6 Å². The average Bonchev–Trinajstić information content (AvgIpc) is 2.66. The van der Waals surface area contributed by atoms with E-state index in [0.717, 1.165) is 5.56 Å². The van der Waals surface area contributed by atoms with E-state index in [4.69, 9.17) is 27.9 Å². The molecule has 0 fully saturated rings. The number of anilines is 1. The summed E-state index contributed by atoms with van der Waals surface area (Å²) in [5, 5.41) is 20.9. The Morgan fingerprint density at radius 2 is 1.87 bits per heavy atom. The molecule has 0 bridgehead atoms. The first-order valence-corrected chi connectivity index (χ1v) is 10.4. The minimum absolute atomic E-state index is 0.0571. The van der Waals surface area contributed by atoms with Gasteiger partial charge in [-0.05, 0) is 45.0 Å². The lowest BCUT2D eigenvalue weighted by atomic mass is 10.1. The molecule has 0 saturated carbocycles. The molecule has 0 aliphatic rings. The summed E-state index contributed by atoms with van der Waals surface area (Å²) in [6.45, 7) is 7.23. The minimum atomic E-state index is -0.491. The molecule has 0 aliphatic heterocycles. The van der Waals surface area contributed by atoms with E-state index in [1.165, 1.54) is 12.1 Å². The first kappa shape index (κ1) is 24.7. The fourth-order valence-electron chi connectivity index (χ4n) is 2.69. The molecule has 0 saturated heterocycles.